The van der Waals surface area contributed by atoms with Crippen molar-refractivity contribution >= 4 is 11.6 Å². The summed E-state index contributed by atoms with van der Waals surface area (Å²) in [6.07, 6.45) is 3.69. The van der Waals surface area contributed by atoms with Gasteiger partial charge in [-0.1, -0.05) is 12.1 Å². The minimum atomic E-state index is -0.634. The Bertz CT molecular complexity index is 569. The summed E-state index contributed by atoms with van der Waals surface area (Å²) in [6, 6.07) is 9.61. The lowest BCUT2D eigenvalue weighted by Gasteiger charge is -2.21. The molecular weight excluding hydrogens is 254 g/mol. The molecule has 0 aliphatic heterocycles. The molecule has 0 unspecified atom stereocenters. The van der Waals surface area contributed by atoms with Gasteiger partial charge in [-0.05, 0) is 36.2 Å². The Balaban J connectivity index is 2.03. The average Bonchev–Trinajstić information content (AvgIpc) is 2.49. The molecule has 0 bridgehead atoms. The van der Waals surface area contributed by atoms with E-state index in [0.29, 0.717) is 12.1 Å². The van der Waals surface area contributed by atoms with E-state index < -0.39 is 6.04 Å². The highest BCUT2D eigenvalue weighted by molar-refractivity contribution is 5.96. The van der Waals surface area contributed by atoms with Gasteiger partial charge >= 0.3 is 0 Å². The van der Waals surface area contributed by atoms with Crippen molar-refractivity contribution in [2.75, 3.05) is 11.9 Å². The summed E-state index contributed by atoms with van der Waals surface area (Å²) >= 11 is 0. The van der Waals surface area contributed by atoms with E-state index in [9.17, 15) is 9.90 Å². The molecule has 104 valence electrons. The lowest BCUT2D eigenvalue weighted by Crippen LogP contribution is -2.43. The first kappa shape index (κ1) is 14.0. The summed E-state index contributed by atoms with van der Waals surface area (Å²) in [4.78, 5) is 17.7. The highest BCUT2D eigenvalue weighted by atomic mass is 16.3. The van der Waals surface area contributed by atoms with Crippen molar-refractivity contribution in [3.63, 3.8) is 0 Å². The Labute approximate surface area is 117 Å². The third kappa shape index (κ3) is 3.33. The number of anilines is 1. The van der Waals surface area contributed by atoms with Gasteiger partial charge in [0.2, 0.25) is 5.91 Å². The van der Waals surface area contributed by atoms with Crippen molar-refractivity contribution in [1.29, 1.82) is 0 Å². The van der Waals surface area contributed by atoms with E-state index in [-0.39, 0.29) is 11.7 Å². The first-order valence-corrected chi connectivity index (χ1v) is 6.29. The number of nitrogens with two attached hydrogens (primary N) is 1. The zero-order chi connectivity index (χ0) is 14.5. The fraction of sp³-hybridized carbons (Fsp3) is 0.200. The Morgan fingerprint density at radius 2 is 2.05 bits per heavy atom. The summed E-state index contributed by atoms with van der Waals surface area (Å²) in [5.74, 6) is 0.0206. The number of hydrogen-bond acceptors (Lipinski definition) is 4. The minimum Gasteiger partial charge on any atom is -0.508 e. The van der Waals surface area contributed by atoms with Crippen molar-refractivity contribution in [1.82, 2.24) is 4.98 Å². The van der Waals surface area contributed by atoms with Gasteiger partial charge < -0.3 is 15.7 Å². The van der Waals surface area contributed by atoms with Crippen LogP contribution in [0.25, 0.3) is 0 Å². The smallest absolute Gasteiger partial charge is 0.244 e. The van der Waals surface area contributed by atoms with Crippen LogP contribution in [0.1, 0.15) is 5.56 Å². The van der Waals surface area contributed by atoms with Gasteiger partial charge in [-0.25, -0.2) is 0 Å². The molecule has 0 radical (unpaired) electrons. The highest BCUT2D eigenvalue weighted by Crippen LogP contribution is 2.14. The third-order valence-electron chi connectivity index (χ3n) is 3.07. The van der Waals surface area contributed by atoms with Gasteiger partial charge in [-0.2, -0.15) is 0 Å². The fourth-order valence-corrected chi connectivity index (χ4v) is 1.90. The number of phenolic OH excluding ortho intramolecular Hbond substituents is 1. The topological polar surface area (TPSA) is 79.5 Å². The minimum absolute atomic E-state index is 0.175. The number of rotatable bonds is 4. The van der Waals surface area contributed by atoms with Gasteiger partial charge in [0.15, 0.2) is 0 Å². The number of aromatic hydroxyl groups is 1. The van der Waals surface area contributed by atoms with Crippen molar-refractivity contribution in [2.45, 2.75) is 12.5 Å². The van der Waals surface area contributed by atoms with Gasteiger partial charge in [0, 0.05) is 13.2 Å². The summed E-state index contributed by atoms with van der Waals surface area (Å²) in [7, 11) is 1.68. The Morgan fingerprint density at radius 3 is 2.65 bits per heavy atom. The number of carbonyl (C=O) groups excluding carboxylic acids is 1. The Morgan fingerprint density at radius 1 is 1.35 bits per heavy atom. The van der Waals surface area contributed by atoms with Gasteiger partial charge in [-0.15, -0.1) is 0 Å². The predicted octanol–water partition coefficient (Wildman–Crippen LogP) is 1.32. The lowest BCUT2D eigenvalue weighted by molar-refractivity contribution is -0.119. The second kappa shape index (κ2) is 6.16. The van der Waals surface area contributed by atoms with Crippen molar-refractivity contribution in [3.05, 3.63) is 54.4 Å². The molecule has 0 spiro atoms. The van der Waals surface area contributed by atoms with Crippen LogP contribution in [-0.2, 0) is 11.2 Å². The maximum atomic E-state index is 12.2. The molecule has 1 aromatic heterocycles. The van der Waals surface area contributed by atoms with Crippen LogP contribution >= 0.6 is 0 Å². The molecule has 0 aliphatic rings. The second-order valence-corrected chi connectivity index (χ2v) is 4.59. The molecule has 0 aliphatic carbocycles. The number of pyridine rings is 1. The second-order valence-electron chi connectivity index (χ2n) is 4.59. The highest BCUT2D eigenvalue weighted by Gasteiger charge is 2.19. The van der Waals surface area contributed by atoms with E-state index in [0.717, 1.165) is 5.56 Å². The normalized spacial score (nSPS) is 11.9. The number of benzene rings is 1. The van der Waals surface area contributed by atoms with Crippen molar-refractivity contribution in [3.8, 4) is 5.75 Å². The molecule has 1 atom stereocenters. The first-order valence-electron chi connectivity index (χ1n) is 6.29. The molecule has 0 saturated carbocycles. The van der Waals surface area contributed by atoms with Crippen LogP contribution in [0.4, 0.5) is 5.69 Å². The third-order valence-corrected chi connectivity index (χ3v) is 3.07. The molecule has 3 N–H and O–H groups in total. The maximum Gasteiger partial charge on any atom is 0.244 e. The lowest BCUT2D eigenvalue weighted by atomic mass is 10.1. The summed E-state index contributed by atoms with van der Waals surface area (Å²) < 4.78 is 0. The molecule has 5 heteroatoms. The number of likely N-dealkylation sites (N-methyl/N-ethyl adjacent to an activating group) is 1. The van der Waals surface area contributed by atoms with E-state index >= 15 is 0 Å². The van der Waals surface area contributed by atoms with E-state index in [4.69, 9.17) is 5.73 Å². The number of hydrogen-bond donors (Lipinski definition) is 2. The van der Waals surface area contributed by atoms with Crippen LogP contribution in [0, 0.1) is 0 Å². The number of phenols is 1. The Hall–Kier alpha value is -2.40. The van der Waals surface area contributed by atoms with Gasteiger partial charge in [0.25, 0.3) is 0 Å². The molecule has 0 saturated heterocycles. The number of nitrogens with zero attached hydrogens (tertiary/aromatic N) is 2. The maximum absolute atomic E-state index is 12.2. The van der Waals surface area contributed by atoms with Crippen LogP contribution in [0.5, 0.6) is 5.75 Å². The van der Waals surface area contributed by atoms with Crippen LogP contribution in [0.2, 0.25) is 0 Å². The van der Waals surface area contributed by atoms with Gasteiger partial charge in [-0.3, -0.25) is 9.78 Å². The zero-order valence-corrected chi connectivity index (χ0v) is 11.2. The standard InChI is InChI=1S/C15H17N3O2/c1-18(12-3-2-8-17-10-12)15(20)14(16)9-11-4-6-13(19)7-5-11/h2-8,10,14,19H,9,16H2,1H3/t14-/m1/s1. The largest absolute Gasteiger partial charge is 0.508 e. The summed E-state index contributed by atoms with van der Waals surface area (Å²) in [6.45, 7) is 0. The van der Waals surface area contributed by atoms with Crippen LogP contribution in [0.15, 0.2) is 48.8 Å². The van der Waals surface area contributed by atoms with E-state index in [1.807, 2.05) is 0 Å². The molecule has 5 nitrogen and oxygen atoms in total. The van der Waals surface area contributed by atoms with E-state index in [1.165, 1.54) is 4.90 Å². The molecule has 1 aromatic carbocycles. The van der Waals surface area contributed by atoms with Crippen LogP contribution < -0.4 is 10.6 Å². The van der Waals surface area contributed by atoms with Crippen molar-refractivity contribution in [2.24, 2.45) is 5.73 Å². The molecule has 2 rings (SSSR count). The fourth-order valence-electron chi connectivity index (χ4n) is 1.90. The first-order chi connectivity index (χ1) is 9.58. The Kier molecular flexibility index (Phi) is 4.32. The molecule has 20 heavy (non-hydrogen) atoms. The average molecular weight is 271 g/mol. The van der Waals surface area contributed by atoms with Crippen LogP contribution in [-0.4, -0.2) is 29.1 Å². The molecule has 2 aromatic rings. The number of carbonyl (C=O) groups is 1. The summed E-state index contributed by atoms with van der Waals surface area (Å²) in [5.41, 5.74) is 7.56. The SMILES string of the molecule is CN(C(=O)[C@H](N)Cc1ccc(O)cc1)c1cccnc1. The zero-order valence-electron chi connectivity index (χ0n) is 11.2. The van der Waals surface area contributed by atoms with E-state index in [2.05, 4.69) is 4.98 Å². The van der Waals surface area contributed by atoms with E-state index in [1.54, 1.807) is 55.8 Å². The quantitative estimate of drug-likeness (QED) is 0.879. The van der Waals surface area contributed by atoms with Gasteiger partial charge in [0.05, 0.1) is 17.9 Å². The predicted molar refractivity (Wildman–Crippen MR) is 77.4 cm³/mol. The number of amides is 1. The van der Waals surface area contributed by atoms with Crippen LogP contribution in [0.3, 0.4) is 0 Å². The molecule has 0 fully saturated rings. The van der Waals surface area contributed by atoms with Gasteiger partial charge in [0.1, 0.15) is 5.75 Å². The summed E-state index contributed by atoms with van der Waals surface area (Å²) in [5, 5.41) is 9.22. The molecule has 1 heterocycles. The monoisotopic (exact) mass is 271 g/mol. The molecule has 1 amide bonds. The number of aromatic nitrogens is 1. The molecular formula is C15H17N3O2. The van der Waals surface area contributed by atoms with Crippen molar-refractivity contribution < 1.29 is 9.90 Å².